The number of nitrogens with one attached hydrogen (secondary N) is 1. The van der Waals surface area contributed by atoms with Gasteiger partial charge < -0.3 is 14.8 Å². The van der Waals surface area contributed by atoms with Crippen LogP contribution in [-0.2, 0) is 0 Å². The van der Waals surface area contributed by atoms with E-state index in [0.29, 0.717) is 5.69 Å². The zero-order chi connectivity index (χ0) is 19.6. The van der Waals surface area contributed by atoms with Crippen molar-refractivity contribution in [3.63, 3.8) is 0 Å². The van der Waals surface area contributed by atoms with E-state index in [1.165, 1.54) is 38.5 Å². The number of hydrogen-bond donors (Lipinski definition) is 1. The smallest absolute Gasteiger partial charge is 0.270 e. The number of hydrogen-bond acceptors (Lipinski definition) is 4. The van der Waals surface area contributed by atoms with Gasteiger partial charge in [-0.1, -0.05) is 25.7 Å². The monoisotopic (exact) mass is 395 g/mol. The molecular weight excluding hydrogens is 362 g/mol. The van der Waals surface area contributed by atoms with Gasteiger partial charge in [0.05, 0.1) is 0 Å². The predicted octanol–water partition coefficient (Wildman–Crippen LogP) is 3.64. The number of carbonyl (C=O) groups excluding carboxylic acids is 1. The normalized spacial score (nSPS) is 22.3. The fraction of sp³-hybridized carbons (Fsp3) is 0.652. The number of fused-ring (bicyclic) bond motifs is 1. The van der Waals surface area contributed by atoms with Gasteiger partial charge >= 0.3 is 0 Å². The third kappa shape index (κ3) is 4.00. The highest BCUT2D eigenvalue weighted by Gasteiger charge is 2.27. The van der Waals surface area contributed by atoms with Gasteiger partial charge in [-0.3, -0.25) is 9.69 Å². The SMILES string of the molecule is O=C(c1cc2ccc(N3CCN(C4CCCC4)CC3)nc2[nH]1)N1CCCCCC1. The average Bonchev–Trinajstić information content (AvgIpc) is 3.37. The number of piperazine rings is 1. The molecule has 2 aromatic rings. The highest BCUT2D eigenvalue weighted by Crippen LogP contribution is 2.26. The van der Waals surface area contributed by atoms with Crippen molar-refractivity contribution >= 4 is 22.8 Å². The van der Waals surface area contributed by atoms with Crippen molar-refractivity contribution in [3.8, 4) is 0 Å². The third-order valence-corrected chi connectivity index (χ3v) is 7.07. The first-order chi connectivity index (χ1) is 14.3. The minimum atomic E-state index is 0.122. The molecule has 0 aromatic carbocycles. The Bertz CT molecular complexity index is 840. The lowest BCUT2D eigenvalue weighted by Gasteiger charge is -2.38. The lowest BCUT2D eigenvalue weighted by molar-refractivity contribution is 0.0756. The number of likely N-dealkylation sites (tertiary alicyclic amines) is 1. The average molecular weight is 396 g/mol. The molecule has 1 N–H and O–H groups in total. The van der Waals surface area contributed by atoms with Crippen LogP contribution in [0, 0.1) is 0 Å². The van der Waals surface area contributed by atoms with Crippen molar-refractivity contribution in [3.05, 3.63) is 23.9 Å². The zero-order valence-corrected chi connectivity index (χ0v) is 17.4. The highest BCUT2D eigenvalue weighted by molar-refractivity contribution is 5.97. The minimum Gasteiger partial charge on any atom is -0.354 e. The van der Waals surface area contributed by atoms with Crippen LogP contribution in [0.15, 0.2) is 18.2 Å². The topological polar surface area (TPSA) is 55.5 Å². The molecule has 6 nitrogen and oxygen atoms in total. The zero-order valence-electron chi connectivity index (χ0n) is 17.4. The molecule has 5 rings (SSSR count). The Labute approximate surface area is 173 Å². The van der Waals surface area contributed by atoms with E-state index < -0.39 is 0 Å². The summed E-state index contributed by atoms with van der Waals surface area (Å²) >= 11 is 0. The first-order valence-electron chi connectivity index (χ1n) is 11.6. The molecule has 1 saturated carbocycles. The maximum Gasteiger partial charge on any atom is 0.270 e. The molecule has 0 spiro atoms. The number of nitrogens with zero attached hydrogens (tertiary/aromatic N) is 4. The summed E-state index contributed by atoms with van der Waals surface area (Å²) in [5, 5.41) is 1.02. The van der Waals surface area contributed by atoms with Gasteiger partial charge in [-0.25, -0.2) is 4.98 Å². The van der Waals surface area contributed by atoms with Crippen LogP contribution in [0.3, 0.4) is 0 Å². The molecule has 2 aromatic heterocycles. The van der Waals surface area contributed by atoms with Crippen molar-refractivity contribution < 1.29 is 4.79 Å². The predicted molar refractivity (Wildman–Crippen MR) is 117 cm³/mol. The number of rotatable bonds is 3. The third-order valence-electron chi connectivity index (χ3n) is 7.07. The summed E-state index contributed by atoms with van der Waals surface area (Å²) in [4.78, 5) is 28.2. The van der Waals surface area contributed by atoms with Crippen LogP contribution in [0.2, 0.25) is 0 Å². The molecule has 156 valence electrons. The number of pyridine rings is 1. The van der Waals surface area contributed by atoms with Gasteiger partial charge in [-0.15, -0.1) is 0 Å². The largest absolute Gasteiger partial charge is 0.354 e. The Morgan fingerprint density at radius 1 is 0.897 bits per heavy atom. The molecule has 2 aliphatic heterocycles. The van der Waals surface area contributed by atoms with Gasteiger partial charge in [-0.2, -0.15) is 0 Å². The Balaban J connectivity index is 1.27. The van der Waals surface area contributed by atoms with E-state index in [-0.39, 0.29) is 5.91 Å². The van der Waals surface area contributed by atoms with Crippen molar-refractivity contribution in [1.29, 1.82) is 0 Å². The molecule has 1 amide bonds. The van der Waals surface area contributed by atoms with Crippen LogP contribution in [0.5, 0.6) is 0 Å². The number of anilines is 1. The maximum atomic E-state index is 12.9. The molecule has 0 radical (unpaired) electrons. The Morgan fingerprint density at radius 3 is 2.34 bits per heavy atom. The van der Waals surface area contributed by atoms with Gasteiger partial charge in [0.1, 0.15) is 17.2 Å². The van der Waals surface area contributed by atoms with Gasteiger partial charge in [0.2, 0.25) is 0 Å². The molecule has 0 atom stereocenters. The first-order valence-corrected chi connectivity index (χ1v) is 11.6. The van der Waals surface area contributed by atoms with E-state index in [4.69, 9.17) is 4.98 Å². The fourth-order valence-corrected chi connectivity index (χ4v) is 5.32. The molecule has 1 aliphatic carbocycles. The van der Waals surface area contributed by atoms with Gasteiger partial charge in [0.25, 0.3) is 5.91 Å². The quantitative estimate of drug-likeness (QED) is 0.862. The Morgan fingerprint density at radius 2 is 1.62 bits per heavy atom. The van der Waals surface area contributed by atoms with Crippen molar-refractivity contribution in [2.75, 3.05) is 44.2 Å². The minimum absolute atomic E-state index is 0.122. The van der Waals surface area contributed by atoms with E-state index in [0.717, 1.165) is 75.0 Å². The molecule has 6 heteroatoms. The highest BCUT2D eigenvalue weighted by atomic mass is 16.2. The summed E-state index contributed by atoms with van der Waals surface area (Å²) in [5.41, 5.74) is 1.51. The van der Waals surface area contributed by atoms with E-state index in [1.54, 1.807) is 0 Å². The molecular formula is C23H33N5O. The second kappa shape index (κ2) is 8.34. The lowest BCUT2D eigenvalue weighted by atomic mass is 10.2. The van der Waals surface area contributed by atoms with Gasteiger partial charge in [0, 0.05) is 50.7 Å². The Hall–Kier alpha value is -2.08. The van der Waals surface area contributed by atoms with Gasteiger partial charge in [0.15, 0.2) is 0 Å². The summed E-state index contributed by atoms with van der Waals surface area (Å²) in [6.07, 6.45) is 10.2. The van der Waals surface area contributed by atoms with Gasteiger partial charge in [-0.05, 0) is 43.9 Å². The maximum absolute atomic E-state index is 12.9. The Kier molecular flexibility index (Phi) is 5.44. The number of amides is 1. The lowest BCUT2D eigenvalue weighted by Crippen LogP contribution is -2.49. The van der Waals surface area contributed by atoms with Crippen LogP contribution in [-0.4, -0.2) is 71.0 Å². The standard InChI is InChI=1S/C23H33N5O/c29-23(28-11-5-1-2-6-12-28)20-17-18-9-10-21(25-22(18)24-20)27-15-13-26(14-16-27)19-7-3-4-8-19/h9-10,17,19H,1-8,11-16H2,(H,24,25). The summed E-state index contributed by atoms with van der Waals surface area (Å²) in [5.74, 6) is 1.15. The van der Waals surface area contributed by atoms with Crippen molar-refractivity contribution in [2.45, 2.75) is 57.4 Å². The summed E-state index contributed by atoms with van der Waals surface area (Å²) in [6.45, 7) is 6.09. The second-order valence-corrected chi connectivity index (χ2v) is 8.96. The number of aromatic amines is 1. The summed E-state index contributed by atoms with van der Waals surface area (Å²) in [7, 11) is 0. The molecule has 0 unspecified atom stereocenters. The molecule has 29 heavy (non-hydrogen) atoms. The summed E-state index contributed by atoms with van der Waals surface area (Å²) in [6, 6.07) is 7.00. The van der Waals surface area contributed by atoms with Crippen LogP contribution in [0.25, 0.3) is 11.0 Å². The van der Waals surface area contributed by atoms with Crippen LogP contribution in [0.4, 0.5) is 5.82 Å². The number of aromatic nitrogens is 2. The van der Waals surface area contributed by atoms with Crippen molar-refractivity contribution in [1.82, 2.24) is 19.8 Å². The van der Waals surface area contributed by atoms with E-state index >= 15 is 0 Å². The first kappa shape index (κ1) is 18.9. The molecule has 2 saturated heterocycles. The molecule has 4 heterocycles. The van der Waals surface area contributed by atoms with E-state index in [2.05, 4.69) is 26.9 Å². The number of carbonyl (C=O) groups is 1. The molecule has 3 aliphatic rings. The molecule has 3 fully saturated rings. The van der Waals surface area contributed by atoms with E-state index in [1.807, 2.05) is 11.0 Å². The molecule has 0 bridgehead atoms. The fourth-order valence-electron chi connectivity index (χ4n) is 5.32. The summed E-state index contributed by atoms with van der Waals surface area (Å²) < 4.78 is 0. The van der Waals surface area contributed by atoms with Crippen LogP contribution >= 0.6 is 0 Å². The van der Waals surface area contributed by atoms with Crippen LogP contribution < -0.4 is 4.90 Å². The van der Waals surface area contributed by atoms with Crippen LogP contribution in [0.1, 0.15) is 61.9 Å². The van der Waals surface area contributed by atoms with E-state index in [9.17, 15) is 4.79 Å². The number of H-pyrrole nitrogens is 1. The second-order valence-electron chi connectivity index (χ2n) is 8.96. The van der Waals surface area contributed by atoms with Crippen molar-refractivity contribution in [2.24, 2.45) is 0 Å².